The van der Waals surface area contributed by atoms with Crippen molar-refractivity contribution in [3.63, 3.8) is 0 Å². The molecule has 0 atom stereocenters. The van der Waals surface area contributed by atoms with Crippen LogP contribution >= 0.6 is 11.6 Å². The summed E-state index contributed by atoms with van der Waals surface area (Å²) in [4.78, 5) is 3.91. The van der Waals surface area contributed by atoms with Gasteiger partial charge in [0.1, 0.15) is 5.15 Å². The third-order valence-corrected chi connectivity index (χ3v) is 3.34. The van der Waals surface area contributed by atoms with Crippen molar-refractivity contribution in [2.45, 2.75) is 37.7 Å². The predicted molar refractivity (Wildman–Crippen MR) is 65.8 cm³/mol. The summed E-state index contributed by atoms with van der Waals surface area (Å²) in [7, 11) is 0. The highest BCUT2D eigenvalue weighted by atomic mass is 35.5. The third kappa shape index (κ3) is 3.09. The fraction of sp³-hybridized carbons (Fsp3) is 0.583. The summed E-state index contributed by atoms with van der Waals surface area (Å²) in [6, 6.07) is 3.63. The van der Waals surface area contributed by atoms with Crippen molar-refractivity contribution in [1.29, 1.82) is 0 Å². The van der Waals surface area contributed by atoms with Crippen molar-refractivity contribution in [3.05, 3.63) is 23.5 Å². The molecule has 3 nitrogen and oxygen atoms in total. The van der Waals surface area contributed by atoms with Gasteiger partial charge >= 0.3 is 0 Å². The van der Waals surface area contributed by atoms with Crippen molar-refractivity contribution in [2.75, 3.05) is 11.9 Å². The van der Waals surface area contributed by atoms with E-state index >= 15 is 0 Å². The summed E-state index contributed by atoms with van der Waals surface area (Å²) < 4.78 is 0. The van der Waals surface area contributed by atoms with Crippen LogP contribution in [0.3, 0.4) is 0 Å². The van der Waals surface area contributed by atoms with Crippen molar-refractivity contribution in [1.82, 2.24) is 4.98 Å². The Labute approximate surface area is 101 Å². The number of nitrogens with zero attached hydrogens (tertiary/aromatic N) is 1. The number of pyridine rings is 1. The van der Waals surface area contributed by atoms with Crippen LogP contribution in [0.2, 0.25) is 5.15 Å². The van der Waals surface area contributed by atoms with Gasteiger partial charge in [0, 0.05) is 18.4 Å². The molecular weight excluding hydrogens is 224 g/mol. The van der Waals surface area contributed by atoms with Gasteiger partial charge < -0.3 is 10.4 Å². The van der Waals surface area contributed by atoms with E-state index in [0.29, 0.717) is 11.7 Å². The molecule has 1 aromatic rings. The van der Waals surface area contributed by atoms with E-state index in [1.165, 1.54) is 6.42 Å². The number of aliphatic hydroxyl groups is 1. The minimum atomic E-state index is -0.548. The van der Waals surface area contributed by atoms with Gasteiger partial charge in [0.05, 0.1) is 5.60 Å². The molecule has 1 heterocycles. The second-order valence-electron chi connectivity index (χ2n) is 4.51. The van der Waals surface area contributed by atoms with Gasteiger partial charge in [0.25, 0.3) is 0 Å². The second-order valence-corrected chi connectivity index (χ2v) is 4.89. The van der Waals surface area contributed by atoms with E-state index < -0.39 is 5.60 Å². The fourth-order valence-corrected chi connectivity index (χ4v) is 2.34. The van der Waals surface area contributed by atoms with Gasteiger partial charge in [0.15, 0.2) is 0 Å². The number of rotatable bonds is 3. The van der Waals surface area contributed by atoms with Gasteiger partial charge in [-0.05, 0) is 25.0 Å². The Morgan fingerprint density at radius 1 is 1.38 bits per heavy atom. The first-order chi connectivity index (χ1) is 7.68. The summed E-state index contributed by atoms with van der Waals surface area (Å²) in [5.41, 5.74) is 0.368. The highest BCUT2D eigenvalue weighted by Crippen LogP contribution is 2.28. The highest BCUT2D eigenvalue weighted by molar-refractivity contribution is 6.29. The van der Waals surface area contributed by atoms with Crippen LogP contribution in [0.1, 0.15) is 32.1 Å². The van der Waals surface area contributed by atoms with Crippen LogP contribution in [-0.2, 0) is 0 Å². The van der Waals surface area contributed by atoms with Gasteiger partial charge in [-0.15, -0.1) is 0 Å². The van der Waals surface area contributed by atoms with Crippen molar-refractivity contribution >= 4 is 17.3 Å². The van der Waals surface area contributed by atoms with Crippen LogP contribution in [0, 0.1) is 0 Å². The third-order valence-electron chi connectivity index (χ3n) is 3.13. The maximum Gasteiger partial charge on any atom is 0.131 e. The summed E-state index contributed by atoms with van der Waals surface area (Å²) in [6.45, 7) is 0.591. The van der Waals surface area contributed by atoms with E-state index in [2.05, 4.69) is 10.3 Å². The zero-order valence-electron chi connectivity index (χ0n) is 9.25. The normalized spacial score (nSPS) is 19.4. The first-order valence-corrected chi connectivity index (χ1v) is 6.14. The zero-order valence-corrected chi connectivity index (χ0v) is 10.0. The smallest absolute Gasteiger partial charge is 0.131 e. The topological polar surface area (TPSA) is 45.1 Å². The van der Waals surface area contributed by atoms with Gasteiger partial charge in [-0.25, -0.2) is 4.98 Å². The molecule has 2 rings (SSSR count). The molecule has 1 aliphatic rings. The van der Waals surface area contributed by atoms with Crippen LogP contribution in [0.15, 0.2) is 18.3 Å². The molecule has 0 bridgehead atoms. The maximum atomic E-state index is 10.3. The molecule has 1 saturated carbocycles. The minimum Gasteiger partial charge on any atom is -0.388 e. The monoisotopic (exact) mass is 240 g/mol. The molecule has 88 valence electrons. The Bertz CT molecular complexity index is 351. The van der Waals surface area contributed by atoms with Crippen LogP contribution in [0.5, 0.6) is 0 Å². The number of aromatic nitrogens is 1. The Morgan fingerprint density at radius 2 is 2.12 bits per heavy atom. The Hall–Kier alpha value is -0.800. The minimum absolute atomic E-state index is 0.473. The lowest BCUT2D eigenvalue weighted by atomic mass is 9.85. The molecule has 1 fully saturated rings. The number of nitrogens with one attached hydrogen (secondary N) is 1. The Morgan fingerprint density at radius 3 is 2.81 bits per heavy atom. The average Bonchev–Trinajstić information content (AvgIpc) is 2.28. The number of hydrogen-bond donors (Lipinski definition) is 2. The van der Waals surface area contributed by atoms with Gasteiger partial charge in [-0.1, -0.05) is 30.9 Å². The molecule has 0 saturated heterocycles. The van der Waals surface area contributed by atoms with Crippen molar-refractivity contribution in [3.8, 4) is 0 Å². The van der Waals surface area contributed by atoms with Gasteiger partial charge in [0.2, 0.25) is 0 Å². The molecule has 0 aromatic carbocycles. The number of halogens is 1. The number of anilines is 1. The van der Waals surface area contributed by atoms with Crippen LogP contribution < -0.4 is 5.32 Å². The van der Waals surface area contributed by atoms with Crippen LogP contribution in [0.4, 0.5) is 5.69 Å². The van der Waals surface area contributed by atoms with Crippen LogP contribution in [0.25, 0.3) is 0 Å². The van der Waals surface area contributed by atoms with E-state index in [1.54, 1.807) is 12.3 Å². The SMILES string of the molecule is OC1(CNc2ccnc(Cl)c2)CCCCC1. The summed E-state index contributed by atoms with van der Waals surface area (Å²) in [5, 5.41) is 14.0. The molecular formula is C12H17ClN2O. The van der Waals surface area contributed by atoms with Crippen molar-refractivity contribution < 1.29 is 5.11 Å². The van der Waals surface area contributed by atoms with E-state index in [4.69, 9.17) is 11.6 Å². The first-order valence-electron chi connectivity index (χ1n) is 5.76. The van der Waals surface area contributed by atoms with E-state index in [1.807, 2.05) is 6.07 Å². The Balaban J connectivity index is 1.91. The summed E-state index contributed by atoms with van der Waals surface area (Å²) in [5.74, 6) is 0. The largest absolute Gasteiger partial charge is 0.388 e. The summed E-state index contributed by atoms with van der Waals surface area (Å²) in [6.07, 6.45) is 6.92. The molecule has 0 unspecified atom stereocenters. The van der Waals surface area contributed by atoms with Crippen molar-refractivity contribution in [2.24, 2.45) is 0 Å². The summed E-state index contributed by atoms with van der Waals surface area (Å²) >= 11 is 5.79. The van der Waals surface area contributed by atoms with Gasteiger partial charge in [-0.2, -0.15) is 0 Å². The maximum absolute atomic E-state index is 10.3. The lowest BCUT2D eigenvalue weighted by Crippen LogP contribution is -2.38. The lowest BCUT2D eigenvalue weighted by molar-refractivity contribution is 0.0167. The molecule has 1 aromatic heterocycles. The quantitative estimate of drug-likeness (QED) is 0.799. The predicted octanol–water partition coefficient (Wildman–Crippen LogP) is 2.84. The van der Waals surface area contributed by atoms with Crippen LogP contribution in [-0.4, -0.2) is 22.2 Å². The fourth-order valence-electron chi connectivity index (χ4n) is 2.17. The Kier molecular flexibility index (Phi) is 3.66. The van der Waals surface area contributed by atoms with E-state index in [9.17, 15) is 5.11 Å². The first kappa shape index (κ1) is 11.7. The molecule has 2 N–H and O–H groups in total. The molecule has 0 aliphatic heterocycles. The molecule has 4 heteroatoms. The number of hydrogen-bond acceptors (Lipinski definition) is 3. The average molecular weight is 241 g/mol. The van der Waals surface area contributed by atoms with E-state index in [-0.39, 0.29) is 0 Å². The molecule has 16 heavy (non-hydrogen) atoms. The van der Waals surface area contributed by atoms with Gasteiger partial charge in [-0.3, -0.25) is 0 Å². The van der Waals surface area contributed by atoms with E-state index in [0.717, 1.165) is 31.4 Å². The molecule has 1 aliphatic carbocycles. The zero-order chi connectivity index (χ0) is 11.4. The second kappa shape index (κ2) is 5.02. The lowest BCUT2D eigenvalue weighted by Gasteiger charge is -2.32. The molecule has 0 spiro atoms. The molecule has 0 radical (unpaired) electrons. The standard InChI is InChI=1S/C12H17ClN2O/c13-11-8-10(4-7-14-11)15-9-12(16)5-2-1-3-6-12/h4,7-8,16H,1-3,5-6,9H2,(H,14,15). The highest BCUT2D eigenvalue weighted by Gasteiger charge is 2.28. The molecule has 0 amide bonds.